The highest BCUT2D eigenvalue weighted by Crippen LogP contribution is 2.39. The molecule has 1 fully saturated rings. The molecule has 0 bridgehead atoms. The van der Waals surface area contributed by atoms with Crippen molar-refractivity contribution in [1.29, 1.82) is 0 Å². The Labute approximate surface area is 227 Å². The molecule has 0 spiro atoms. The molecular formula is C27H20Cl2N2O7. The van der Waals surface area contributed by atoms with Crippen molar-refractivity contribution in [1.82, 2.24) is 5.32 Å². The summed E-state index contributed by atoms with van der Waals surface area (Å²) in [6.07, 6.45) is 1.33. The molecule has 3 aromatic rings. The predicted molar refractivity (Wildman–Crippen MR) is 140 cm³/mol. The lowest BCUT2D eigenvalue weighted by atomic mass is 10.1. The number of urea groups is 1. The van der Waals surface area contributed by atoms with E-state index in [-0.39, 0.29) is 35.4 Å². The molecule has 2 heterocycles. The number of anilines is 1. The van der Waals surface area contributed by atoms with Gasteiger partial charge in [0.05, 0.1) is 17.3 Å². The summed E-state index contributed by atoms with van der Waals surface area (Å²) in [6, 6.07) is 14.1. The molecule has 4 amide bonds. The fourth-order valence-corrected chi connectivity index (χ4v) is 4.39. The van der Waals surface area contributed by atoms with Gasteiger partial charge >= 0.3 is 6.03 Å². The zero-order valence-corrected chi connectivity index (χ0v) is 21.5. The quantitative estimate of drug-likeness (QED) is 0.309. The van der Waals surface area contributed by atoms with Crippen LogP contribution in [-0.4, -0.2) is 31.2 Å². The first kappa shape index (κ1) is 25.4. The van der Waals surface area contributed by atoms with Gasteiger partial charge in [0.25, 0.3) is 11.8 Å². The van der Waals surface area contributed by atoms with Crippen LogP contribution in [0.2, 0.25) is 10.0 Å². The van der Waals surface area contributed by atoms with Crippen LogP contribution in [0.5, 0.6) is 23.0 Å². The van der Waals surface area contributed by atoms with Gasteiger partial charge < -0.3 is 18.9 Å². The van der Waals surface area contributed by atoms with Crippen LogP contribution in [0.3, 0.4) is 0 Å². The third kappa shape index (κ3) is 4.98. The van der Waals surface area contributed by atoms with Crippen LogP contribution in [0.25, 0.3) is 6.08 Å². The normalized spacial score (nSPS) is 15.6. The fourth-order valence-electron chi connectivity index (χ4n) is 3.92. The molecule has 38 heavy (non-hydrogen) atoms. The van der Waals surface area contributed by atoms with E-state index in [4.69, 9.17) is 42.1 Å². The van der Waals surface area contributed by atoms with Crippen LogP contribution in [0.4, 0.5) is 10.5 Å². The number of rotatable bonds is 7. The van der Waals surface area contributed by atoms with Crippen LogP contribution in [0.15, 0.2) is 60.2 Å². The van der Waals surface area contributed by atoms with Gasteiger partial charge in [-0.2, -0.15) is 0 Å². The molecule has 1 N–H and O–H groups in total. The van der Waals surface area contributed by atoms with Gasteiger partial charge in [-0.25, -0.2) is 9.69 Å². The Balaban J connectivity index is 1.46. The summed E-state index contributed by atoms with van der Waals surface area (Å²) in [7, 11) is 0. The standard InChI is InChI=1S/C27H20Cl2N2O7/c1-2-35-23-11-15(10-20(29)24(23)36-13-16-5-3-4-6-19(16)28)9-18-25(32)30-27(34)31(26(18)33)17-7-8-21-22(12-17)38-14-37-21/h3-12H,2,13-14H2,1H3,(H,30,32,34)/b18-9+. The number of ether oxygens (including phenoxy) is 4. The predicted octanol–water partition coefficient (Wildman–Crippen LogP) is 5.37. The van der Waals surface area contributed by atoms with E-state index < -0.39 is 17.8 Å². The lowest BCUT2D eigenvalue weighted by Gasteiger charge is -2.26. The first-order valence-corrected chi connectivity index (χ1v) is 12.2. The van der Waals surface area contributed by atoms with E-state index in [1.807, 2.05) is 18.2 Å². The van der Waals surface area contributed by atoms with Gasteiger partial charge in [0.15, 0.2) is 23.0 Å². The van der Waals surface area contributed by atoms with E-state index in [2.05, 4.69) is 5.32 Å². The Hall–Kier alpha value is -4.21. The third-order valence-electron chi connectivity index (χ3n) is 5.69. The van der Waals surface area contributed by atoms with Crippen molar-refractivity contribution in [2.24, 2.45) is 0 Å². The van der Waals surface area contributed by atoms with Crippen LogP contribution in [-0.2, 0) is 16.2 Å². The Morgan fingerprint density at radius 1 is 0.974 bits per heavy atom. The zero-order chi connectivity index (χ0) is 26.8. The van der Waals surface area contributed by atoms with Crippen molar-refractivity contribution in [2.75, 3.05) is 18.3 Å². The summed E-state index contributed by atoms with van der Waals surface area (Å²) in [5.41, 5.74) is 1.09. The van der Waals surface area contributed by atoms with E-state index in [0.717, 1.165) is 10.5 Å². The van der Waals surface area contributed by atoms with Crippen molar-refractivity contribution in [3.05, 3.63) is 81.3 Å². The lowest BCUT2D eigenvalue weighted by molar-refractivity contribution is -0.122. The molecule has 5 rings (SSSR count). The summed E-state index contributed by atoms with van der Waals surface area (Å²) in [6.45, 7) is 2.28. The number of imide groups is 2. The Kier molecular flexibility index (Phi) is 7.13. The summed E-state index contributed by atoms with van der Waals surface area (Å²) in [5.74, 6) is -0.194. The molecule has 0 aromatic heterocycles. The monoisotopic (exact) mass is 554 g/mol. The molecule has 11 heteroatoms. The average Bonchev–Trinajstić information content (AvgIpc) is 3.35. The first-order chi connectivity index (χ1) is 18.4. The largest absolute Gasteiger partial charge is 0.490 e. The Bertz CT molecular complexity index is 1490. The Morgan fingerprint density at radius 3 is 2.55 bits per heavy atom. The fraction of sp³-hybridized carbons (Fsp3) is 0.148. The van der Waals surface area contributed by atoms with Crippen molar-refractivity contribution in [3.63, 3.8) is 0 Å². The van der Waals surface area contributed by atoms with E-state index in [1.165, 1.54) is 24.3 Å². The number of fused-ring (bicyclic) bond motifs is 1. The van der Waals surface area contributed by atoms with Crippen molar-refractivity contribution >= 4 is 52.8 Å². The maximum Gasteiger partial charge on any atom is 0.335 e. The smallest absolute Gasteiger partial charge is 0.335 e. The number of barbiturate groups is 1. The van der Waals surface area contributed by atoms with Gasteiger partial charge in [0, 0.05) is 16.7 Å². The second-order valence-corrected chi connectivity index (χ2v) is 8.95. The van der Waals surface area contributed by atoms with Crippen LogP contribution in [0.1, 0.15) is 18.1 Å². The molecular weight excluding hydrogens is 535 g/mol. The molecule has 0 atom stereocenters. The number of amides is 4. The van der Waals surface area contributed by atoms with Crippen molar-refractivity contribution in [3.8, 4) is 23.0 Å². The molecule has 9 nitrogen and oxygen atoms in total. The molecule has 3 aromatic carbocycles. The average molecular weight is 555 g/mol. The zero-order valence-electron chi connectivity index (χ0n) is 20.0. The van der Waals surface area contributed by atoms with E-state index >= 15 is 0 Å². The highest BCUT2D eigenvalue weighted by atomic mass is 35.5. The van der Waals surface area contributed by atoms with Gasteiger partial charge in [-0.3, -0.25) is 14.9 Å². The summed E-state index contributed by atoms with van der Waals surface area (Å²) >= 11 is 12.7. The highest BCUT2D eigenvalue weighted by Gasteiger charge is 2.37. The third-order valence-corrected chi connectivity index (χ3v) is 6.34. The molecule has 0 radical (unpaired) electrons. The molecule has 0 aliphatic carbocycles. The van der Waals surface area contributed by atoms with E-state index in [9.17, 15) is 14.4 Å². The van der Waals surface area contributed by atoms with Gasteiger partial charge in [0.1, 0.15) is 12.2 Å². The first-order valence-electron chi connectivity index (χ1n) is 11.5. The molecule has 2 aliphatic heterocycles. The van der Waals surface area contributed by atoms with Crippen LogP contribution >= 0.6 is 23.2 Å². The number of halogens is 2. The van der Waals surface area contributed by atoms with Gasteiger partial charge in [0.2, 0.25) is 6.79 Å². The second kappa shape index (κ2) is 10.6. The van der Waals surface area contributed by atoms with Crippen LogP contribution < -0.4 is 29.2 Å². The highest BCUT2D eigenvalue weighted by molar-refractivity contribution is 6.39. The SMILES string of the molecule is CCOc1cc(/C=C2\C(=O)NC(=O)N(c3ccc4c(c3)OCO4)C2=O)cc(Cl)c1OCc1ccccc1Cl. The van der Waals surface area contributed by atoms with E-state index in [1.54, 1.807) is 25.1 Å². The van der Waals surface area contributed by atoms with Crippen molar-refractivity contribution in [2.45, 2.75) is 13.5 Å². The number of carbonyl (C=O) groups excluding carboxylic acids is 3. The topological polar surface area (TPSA) is 103 Å². The van der Waals surface area contributed by atoms with Gasteiger partial charge in [-0.15, -0.1) is 0 Å². The van der Waals surface area contributed by atoms with Gasteiger partial charge in [-0.1, -0.05) is 41.4 Å². The number of carbonyl (C=O) groups is 3. The maximum atomic E-state index is 13.3. The second-order valence-electron chi connectivity index (χ2n) is 8.14. The molecule has 194 valence electrons. The van der Waals surface area contributed by atoms with E-state index in [0.29, 0.717) is 34.4 Å². The Morgan fingerprint density at radius 2 is 1.76 bits per heavy atom. The number of benzene rings is 3. The molecule has 0 unspecified atom stereocenters. The minimum Gasteiger partial charge on any atom is -0.490 e. The van der Waals surface area contributed by atoms with Crippen LogP contribution in [0, 0.1) is 0 Å². The summed E-state index contributed by atoms with van der Waals surface area (Å²) in [5, 5.41) is 2.94. The minimum absolute atomic E-state index is 0.0313. The summed E-state index contributed by atoms with van der Waals surface area (Å²) < 4.78 is 22.3. The maximum absolute atomic E-state index is 13.3. The molecule has 1 saturated heterocycles. The minimum atomic E-state index is -0.882. The lowest BCUT2D eigenvalue weighted by Crippen LogP contribution is -2.54. The van der Waals surface area contributed by atoms with Crippen molar-refractivity contribution < 1.29 is 33.3 Å². The number of nitrogens with zero attached hydrogens (tertiary/aromatic N) is 1. The van der Waals surface area contributed by atoms with Gasteiger partial charge in [-0.05, 0) is 48.9 Å². The molecule has 2 aliphatic rings. The molecule has 0 saturated carbocycles. The number of nitrogens with one attached hydrogen (secondary N) is 1. The number of hydrogen-bond donors (Lipinski definition) is 1. The number of hydrogen-bond acceptors (Lipinski definition) is 7. The summed E-state index contributed by atoms with van der Waals surface area (Å²) in [4.78, 5) is 39.4.